The van der Waals surface area contributed by atoms with Gasteiger partial charge in [0.05, 0.1) is 30.4 Å². The second-order valence-corrected chi connectivity index (χ2v) is 5.02. The van der Waals surface area contributed by atoms with Crippen molar-refractivity contribution in [3.05, 3.63) is 11.8 Å². The number of ether oxygens (including phenoxy) is 1. The fourth-order valence-corrected chi connectivity index (χ4v) is 2.67. The average Bonchev–Trinajstić information content (AvgIpc) is 3.00. The molecule has 2 aliphatic rings. The second-order valence-electron chi connectivity index (χ2n) is 5.02. The van der Waals surface area contributed by atoms with E-state index in [1.54, 1.807) is 0 Å². The molecule has 0 bridgehead atoms. The van der Waals surface area contributed by atoms with Crippen molar-refractivity contribution in [1.29, 1.82) is 0 Å². The summed E-state index contributed by atoms with van der Waals surface area (Å²) in [4.78, 5) is 11.2. The molecule has 110 valence electrons. The van der Waals surface area contributed by atoms with Gasteiger partial charge in [-0.2, -0.15) is 9.37 Å². The zero-order valence-corrected chi connectivity index (χ0v) is 10.9. The molecule has 0 aromatic carbocycles. The number of rotatable bonds is 2. The van der Waals surface area contributed by atoms with Gasteiger partial charge in [-0.15, -0.1) is 6.42 Å². The minimum absolute atomic E-state index is 0.0554. The van der Waals surface area contributed by atoms with Gasteiger partial charge < -0.3 is 20.7 Å². The molecule has 0 amide bonds. The normalized spacial score (nSPS) is 33.9. The monoisotopic (exact) mass is 292 g/mol. The number of nitrogens with zero attached hydrogens (tertiary/aromatic N) is 3. The van der Waals surface area contributed by atoms with Gasteiger partial charge in [0.25, 0.3) is 0 Å². The highest BCUT2D eigenvalue weighted by Crippen LogP contribution is 2.42. The van der Waals surface area contributed by atoms with E-state index in [0.717, 1.165) is 0 Å². The molecule has 3 rings (SSSR count). The van der Waals surface area contributed by atoms with Crippen LogP contribution in [0.5, 0.6) is 0 Å². The minimum atomic E-state index is -1.46. The molecule has 1 unspecified atom stereocenters. The van der Waals surface area contributed by atoms with Gasteiger partial charge in [-0.05, 0) is 0 Å². The third-order valence-electron chi connectivity index (χ3n) is 3.83. The number of nitrogen functional groups attached to an aromatic ring is 1. The van der Waals surface area contributed by atoms with Crippen molar-refractivity contribution >= 4 is 17.7 Å². The average molecular weight is 292 g/mol. The second kappa shape index (κ2) is 4.73. The number of aromatic nitrogens is 2. The number of hydrogen-bond acceptors (Lipinski definition) is 7. The Morgan fingerprint density at radius 2 is 2.33 bits per heavy atom. The molecule has 1 aromatic heterocycles. The fraction of sp³-hybridized carbons (Fsp3) is 0.462. The van der Waals surface area contributed by atoms with Crippen molar-refractivity contribution in [1.82, 2.24) is 9.97 Å². The Balaban J connectivity index is 1.93. The maximum Gasteiger partial charge on any atom is 0.310 e. The van der Waals surface area contributed by atoms with Crippen molar-refractivity contribution in [3.63, 3.8) is 0 Å². The Labute approximate surface area is 119 Å². The predicted octanol–water partition coefficient (Wildman–Crippen LogP) is -0.488. The molecule has 0 spiro atoms. The van der Waals surface area contributed by atoms with Crippen LogP contribution in [0.1, 0.15) is 18.0 Å². The van der Waals surface area contributed by atoms with Crippen LogP contribution in [0.3, 0.4) is 0 Å². The number of nitrogens with two attached hydrogens (primary N) is 1. The molecule has 21 heavy (non-hydrogen) atoms. The third-order valence-corrected chi connectivity index (χ3v) is 3.83. The number of aliphatic hydroxyl groups excluding tert-OH is 2. The number of hydrogen-bond donors (Lipinski definition) is 3. The quantitative estimate of drug-likeness (QED) is 0.501. The van der Waals surface area contributed by atoms with Crippen LogP contribution in [-0.2, 0) is 4.74 Å². The van der Waals surface area contributed by atoms with Gasteiger partial charge in [0.2, 0.25) is 0 Å². The summed E-state index contributed by atoms with van der Waals surface area (Å²) < 4.78 is 19.0. The van der Waals surface area contributed by atoms with E-state index in [1.807, 2.05) is 0 Å². The summed E-state index contributed by atoms with van der Waals surface area (Å²) in [6.45, 7) is -0.516. The zero-order chi connectivity index (χ0) is 15.2. The smallest absolute Gasteiger partial charge is 0.310 e. The lowest BCUT2D eigenvalue weighted by molar-refractivity contribution is -0.0723. The van der Waals surface area contributed by atoms with E-state index in [-0.39, 0.29) is 12.2 Å². The summed E-state index contributed by atoms with van der Waals surface area (Å²) in [6.07, 6.45) is 4.46. The molecule has 0 aliphatic carbocycles. The first kappa shape index (κ1) is 13.9. The maximum atomic E-state index is 13.3. The van der Waals surface area contributed by atoms with Crippen molar-refractivity contribution in [2.75, 3.05) is 12.3 Å². The Morgan fingerprint density at radius 3 is 2.95 bits per heavy atom. The van der Waals surface area contributed by atoms with Crippen molar-refractivity contribution < 1.29 is 19.3 Å². The topological polar surface area (TPSA) is 114 Å². The van der Waals surface area contributed by atoms with E-state index in [9.17, 15) is 14.6 Å². The van der Waals surface area contributed by atoms with E-state index >= 15 is 0 Å². The van der Waals surface area contributed by atoms with Crippen molar-refractivity contribution in [2.45, 2.75) is 30.1 Å². The summed E-state index contributed by atoms with van der Waals surface area (Å²) in [6, 6.07) is 0. The van der Waals surface area contributed by atoms with Crippen molar-refractivity contribution in [2.24, 2.45) is 4.99 Å². The van der Waals surface area contributed by atoms with E-state index in [2.05, 4.69) is 20.9 Å². The van der Waals surface area contributed by atoms with Crippen LogP contribution in [0.2, 0.25) is 0 Å². The number of halogens is 1. The lowest BCUT2D eigenvalue weighted by atomic mass is 9.94. The van der Waals surface area contributed by atoms with Crippen LogP contribution in [0.25, 0.3) is 0 Å². The number of terminal acetylenes is 1. The molecule has 8 heteroatoms. The van der Waals surface area contributed by atoms with Gasteiger partial charge in [0.1, 0.15) is 5.69 Å². The zero-order valence-electron chi connectivity index (χ0n) is 10.9. The van der Waals surface area contributed by atoms with Crippen LogP contribution in [0.4, 0.5) is 15.9 Å². The summed E-state index contributed by atoms with van der Waals surface area (Å²) in [5.74, 6) is 1.72. The molecule has 0 saturated carbocycles. The van der Waals surface area contributed by atoms with Gasteiger partial charge in [-0.1, -0.05) is 5.92 Å². The van der Waals surface area contributed by atoms with Crippen LogP contribution < -0.4 is 5.73 Å². The van der Waals surface area contributed by atoms with E-state index < -0.39 is 36.4 Å². The predicted molar refractivity (Wildman–Crippen MR) is 71.4 cm³/mol. The highest BCUT2D eigenvalue weighted by atomic mass is 19.1. The lowest BCUT2D eigenvalue weighted by Crippen LogP contribution is -2.41. The molecule has 3 heterocycles. The number of aliphatic imine (C=N–C) groups is 1. The molecule has 2 aliphatic heterocycles. The summed E-state index contributed by atoms with van der Waals surface area (Å²) in [7, 11) is 0. The molecule has 4 atom stereocenters. The molecule has 1 aromatic rings. The van der Waals surface area contributed by atoms with Crippen molar-refractivity contribution in [3.8, 4) is 12.3 Å². The number of aliphatic hydroxyl groups is 2. The van der Waals surface area contributed by atoms with E-state index in [1.165, 1.54) is 6.21 Å². The van der Waals surface area contributed by atoms with Gasteiger partial charge >= 0.3 is 6.08 Å². The first-order valence-electron chi connectivity index (χ1n) is 6.32. The third kappa shape index (κ3) is 1.98. The molecular weight excluding hydrogens is 279 g/mol. The number of anilines is 1. The highest BCUT2D eigenvalue weighted by molar-refractivity contribution is 5.84. The fourth-order valence-electron chi connectivity index (χ4n) is 2.67. The van der Waals surface area contributed by atoms with Crippen LogP contribution in [0, 0.1) is 18.4 Å². The van der Waals surface area contributed by atoms with Gasteiger partial charge in [0.15, 0.2) is 11.4 Å². The van der Waals surface area contributed by atoms with E-state index in [4.69, 9.17) is 16.9 Å². The molecule has 1 fully saturated rings. The molecule has 7 nitrogen and oxygen atoms in total. The molecule has 4 N–H and O–H groups in total. The Bertz CT molecular complexity index is 660. The molecular formula is C13H13FN4O3. The van der Waals surface area contributed by atoms with Gasteiger partial charge in [-0.3, -0.25) is 4.99 Å². The summed E-state index contributed by atoms with van der Waals surface area (Å²) in [5.41, 5.74) is 4.73. The number of fused-ring (bicyclic) bond motifs is 1. The lowest BCUT2D eigenvalue weighted by Gasteiger charge is -2.24. The highest BCUT2D eigenvalue weighted by Gasteiger charge is 2.50. The first-order valence-corrected chi connectivity index (χ1v) is 6.32. The summed E-state index contributed by atoms with van der Waals surface area (Å²) in [5, 5.41) is 19.4. The summed E-state index contributed by atoms with van der Waals surface area (Å²) >= 11 is 0. The van der Waals surface area contributed by atoms with E-state index in [0.29, 0.717) is 11.4 Å². The van der Waals surface area contributed by atoms with Gasteiger partial charge in [0, 0.05) is 12.6 Å². The van der Waals surface area contributed by atoms with Crippen LogP contribution >= 0.6 is 0 Å². The minimum Gasteiger partial charge on any atom is -0.392 e. The van der Waals surface area contributed by atoms with Gasteiger partial charge in [-0.25, -0.2) is 4.98 Å². The maximum absolute atomic E-state index is 13.3. The first-order chi connectivity index (χ1) is 10.0. The SMILES string of the molecule is C#C[C@]1(CO)O[C@@H](C2C=Nc3c(N)nc(F)nc32)C[C@@H]1O. The van der Waals surface area contributed by atoms with Crippen LogP contribution in [-0.4, -0.2) is 50.8 Å². The Hall–Kier alpha value is -2.08. The largest absolute Gasteiger partial charge is 0.392 e. The molecule has 0 radical (unpaired) electrons. The Kier molecular flexibility index (Phi) is 3.13. The van der Waals surface area contributed by atoms with Crippen LogP contribution in [0.15, 0.2) is 4.99 Å². The standard InChI is InChI=1S/C13H13FN4O3/c1-2-13(5-19)8(20)3-7(21-13)6-4-16-10-9(6)17-12(14)18-11(10)15/h1,4,6-8,19-20H,3,5H2,(H2,15,17,18)/t6?,7-,8+,13-/m1/s1. The Morgan fingerprint density at radius 1 is 1.57 bits per heavy atom. The molecule has 1 saturated heterocycles.